The quantitative estimate of drug-likeness (QED) is 0.845. The highest BCUT2D eigenvalue weighted by atomic mass is 35.5. The summed E-state index contributed by atoms with van der Waals surface area (Å²) in [5.74, 6) is 1.01. The van der Waals surface area contributed by atoms with Gasteiger partial charge >= 0.3 is 0 Å². The van der Waals surface area contributed by atoms with E-state index in [0.717, 1.165) is 0 Å². The Labute approximate surface area is 112 Å². The highest BCUT2D eigenvalue weighted by Crippen LogP contribution is 2.30. The number of benzene rings is 1. The second kappa shape index (κ2) is 5.45. The van der Waals surface area contributed by atoms with E-state index in [1.165, 1.54) is 0 Å². The first kappa shape index (κ1) is 13.0. The lowest BCUT2D eigenvalue weighted by molar-refractivity contribution is 0.625. The lowest BCUT2D eigenvalue weighted by atomic mass is 10.2. The molecule has 0 radical (unpaired) electrons. The summed E-state index contributed by atoms with van der Waals surface area (Å²) in [5, 5.41) is 11.8. The number of aromatic nitrogens is 4. The Kier molecular flexibility index (Phi) is 3.93. The van der Waals surface area contributed by atoms with Crippen LogP contribution in [0.2, 0.25) is 5.02 Å². The van der Waals surface area contributed by atoms with Crippen molar-refractivity contribution in [3.8, 4) is 11.4 Å². The Bertz CT molecular complexity index is 585. The van der Waals surface area contributed by atoms with E-state index in [2.05, 4.69) is 15.5 Å². The summed E-state index contributed by atoms with van der Waals surface area (Å²) < 4.78 is 12.7. The fraction of sp³-hybridized carbons (Fsp3) is 0.300. The highest BCUT2D eigenvalue weighted by Gasteiger charge is 2.13. The van der Waals surface area contributed by atoms with Crippen molar-refractivity contribution in [1.82, 2.24) is 20.2 Å². The molecule has 0 aliphatic rings. The minimum Gasteiger partial charge on any atom is -0.398 e. The number of halogens is 1. The van der Waals surface area contributed by atoms with Crippen LogP contribution in [-0.4, -0.2) is 36.4 Å². The first-order valence-corrected chi connectivity index (χ1v) is 7.30. The summed E-state index contributed by atoms with van der Waals surface area (Å²) >= 11 is 6.13. The normalized spacial score (nSPS) is 12.6. The van der Waals surface area contributed by atoms with Crippen molar-refractivity contribution < 1.29 is 4.21 Å². The van der Waals surface area contributed by atoms with E-state index < -0.39 is 10.8 Å². The minimum atomic E-state index is -0.899. The number of hydrogen-bond donors (Lipinski definition) is 1. The van der Waals surface area contributed by atoms with Gasteiger partial charge in [-0.15, -0.1) is 5.10 Å². The lowest BCUT2D eigenvalue weighted by Crippen LogP contribution is -2.09. The van der Waals surface area contributed by atoms with Crippen LogP contribution in [0.5, 0.6) is 0 Å². The molecule has 2 aromatic rings. The first-order chi connectivity index (χ1) is 8.59. The zero-order valence-electron chi connectivity index (χ0n) is 9.71. The van der Waals surface area contributed by atoms with Gasteiger partial charge in [0.2, 0.25) is 0 Å². The number of nitrogens with two attached hydrogens (primary N) is 1. The third-order valence-corrected chi connectivity index (χ3v) is 3.57. The van der Waals surface area contributed by atoms with Crippen molar-refractivity contribution in [3.63, 3.8) is 0 Å². The monoisotopic (exact) mass is 285 g/mol. The maximum absolute atomic E-state index is 11.1. The van der Waals surface area contributed by atoms with E-state index in [-0.39, 0.29) is 0 Å². The van der Waals surface area contributed by atoms with Crippen molar-refractivity contribution >= 4 is 28.1 Å². The predicted octanol–water partition coefficient (Wildman–Crippen LogP) is 0.954. The molecule has 2 N–H and O–H groups in total. The Balaban J connectivity index is 2.36. The van der Waals surface area contributed by atoms with Crippen molar-refractivity contribution in [2.45, 2.75) is 6.54 Å². The van der Waals surface area contributed by atoms with Crippen LogP contribution in [-0.2, 0) is 17.3 Å². The molecule has 0 fully saturated rings. The average molecular weight is 286 g/mol. The smallest absolute Gasteiger partial charge is 0.183 e. The summed E-state index contributed by atoms with van der Waals surface area (Å²) in [6, 6.07) is 5.29. The van der Waals surface area contributed by atoms with Gasteiger partial charge in [0, 0.05) is 28.4 Å². The average Bonchev–Trinajstić information content (AvgIpc) is 2.78. The van der Waals surface area contributed by atoms with Gasteiger partial charge in [-0.25, -0.2) is 4.68 Å². The molecule has 1 unspecified atom stereocenters. The number of tetrazole rings is 1. The Hall–Kier alpha value is -1.47. The summed E-state index contributed by atoms with van der Waals surface area (Å²) in [5.41, 5.74) is 6.89. The molecule has 8 heteroatoms. The molecule has 1 aromatic carbocycles. The molecule has 2 rings (SSSR count). The largest absolute Gasteiger partial charge is 0.398 e. The minimum absolute atomic E-state index is 0.422. The molecular weight excluding hydrogens is 274 g/mol. The number of hydrogen-bond acceptors (Lipinski definition) is 5. The number of nitrogen functional groups attached to an aromatic ring is 1. The van der Waals surface area contributed by atoms with Gasteiger partial charge in [-0.3, -0.25) is 4.21 Å². The van der Waals surface area contributed by atoms with E-state index in [4.69, 9.17) is 17.3 Å². The van der Waals surface area contributed by atoms with Gasteiger partial charge in [0.1, 0.15) is 0 Å². The van der Waals surface area contributed by atoms with Gasteiger partial charge < -0.3 is 5.73 Å². The molecule has 0 aliphatic heterocycles. The molecular formula is C10H12ClN5OS. The molecule has 0 amide bonds. The maximum atomic E-state index is 11.1. The van der Waals surface area contributed by atoms with Crippen LogP contribution in [0.4, 0.5) is 5.69 Å². The predicted molar refractivity (Wildman–Crippen MR) is 71.6 cm³/mol. The second-order valence-electron chi connectivity index (χ2n) is 3.71. The van der Waals surface area contributed by atoms with Crippen molar-refractivity contribution in [3.05, 3.63) is 23.2 Å². The molecule has 0 spiro atoms. The van der Waals surface area contributed by atoms with Crippen LogP contribution in [0, 0.1) is 0 Å². The molecule has 18 heavy (non-hydrogen) atoms. The Morgan fingerprint density at radius 2 is 2.28 bits per heavy atom. The summed E-state index contributed by atoms with van der Waals surface area (Å²) in [6.45, 7) is 0.469. The van der Waals surface area contributed by atoms with Crippen LogP contribution in [0.3, 0.4) is 0 Å². The molecule has 0 aliphatic carbocycles. The molecule has 0 saturated heterocycles. The highest BCUT2D eigenvalue weighted by molar-refractivity contribution is 7.84. The molecule has 0 bridgehead atoms. The molecule has 1 atom stereocenters. The number of nitrogens with zero attached hydrogens (tertiary/aromatic N) is 4. The topological polar surface area (TPSA) is 86.7 Å². The van der Waals surface area contributed by atoms with E-state index in [1.54, 1.807) is 29.1 Å². The van der Waals surface area contributed by atoms with Crippen LogP contribution < -0.4 is 5.73 Å². The molecule has 1 heterocycles. The number of anilines is 1. The van der Waals surface area contributed by atoms with Gasteiger partial charge in [0.25, 0.3) is 0 Å². The van der Waals surface area contributed by atoms with Gasteiger partial charge in [0.05, 0.1) is 17.3 Å². The Morgan fingerprint density at radius 3 is 3.00 bits per heavy atom. The number of aryl methyl sites for hydroxylation is 1. The fourth-order valence-electron chi connectivity index (χ4n) is 1.49. The van der Waals surface area contributed by atoms with E-state index in [9.17, 15) is 4.21 Å². The van der Waals surface area contributed by atoms with Gasteiger partial charge in [-0.05, 0) is 22.6 Å². The SMILES string of the molecule is CS(=O)CCn1nnnc1-c1cccc(N)c1Cl. The molecule has 0 saturated carbocycles. The summed E-state index contributed by atoms with van der Waals surface area (Å²) in [4.78, 5) is 0. The van der Waals surface area contributed by atoms with E-state index in [0.29, 0.717) is 34.4 Å². The molecule has 96 valence electrons. The Morgan fingerprint density at radius 1 is 1.50 bits per heavy atom. The van der Waals surface area contributed by atoms with Crippen molar-refractivity contribution in [2.24, 2.45) is 0 Å². The van der Waals surface area contributed by atoms with Crippen LogP contribution in [0.15, 0.2) is 18.2 Å². The first-order valence-electron chi connectivity index (χ1n) is 5.20. The van der Waals surface area contributed by atoms with Gasteiger partial charge in [-0.1, -0.05) is 17.7 Å². The van der Waals surface area contributed by atoms with E-state index >= 15 is 0 Å². The van der Waals surface area contributed by atoms with Gasteiger partial charge in [-0.2, -0.15) is 0 Å². The van der Waals surface area contributed by atoms with Crippen LogP contribution in [0.25, 0.3) is 11.4 Å². The molecule has 6 nitrogen and oxygen atoms in total. The van der Waals surface area contributed by atoms with Crippen LogP contribution >= 0.6 is 11.6 Å². The zero-order chi connectivity index (χ0) is 13.1. The van der Waals surface area contributed by atoms with E-state index in [1.807, 2.05) is 0 Å². The maximum Gasteiger partial charge on any atom is 0.183 e. The van der Waals surface area contributed by atoms with Gasteiger partial charge in [0.15, 0.2) is 5.82 Å². The summed E-state index contributed by atoms with van der Waals surface area (Å²) in [6.07, 6.45) is 1.64. The number of rotatable bonds is 4. The second-order valence-corrected chi connectivity index (χ2v) is 5.64. The third kappa shape index (κ3) is 2.68. The van der Waals surface area contributed by atoms with Crippen LogP contribution in [0.1, 0.15) is 0 Å². The lowest BCUT2D eigenvalue weighted by Gasteiger charge is -2.06. The van der Waals surface area contributed by atoms with Crippen molar-refractivity contribution in [1.29, 1.82) is 0 Å². The summed E-state index contributed by atoms with van der Waals surface area (Å²) in [7, 11) is -0.899. The molecule has 1 aromatic heterocycles. The van der Waals surface area contributed by atoms with Crippen molar-refractivity contribution in [2.75, 3.05) is 17.7 Å². The zero-order valence-corrected chi connectivity index (χ0v) is 11.3. The standard InChI is InChI=1S/C10H12ClN5OS/c1-18(17)6-5-16-10(13-14-15-16)7-3-2-4-8(12)9(7)11/h2-4H,5-6,12H2,1H3. The third-order valence-electron chi connectivity index (χ3n) is 2.39. The fourth-order valence-corrected chi connectivity index (χ4v) is 2.13.